The molecule has 10 nitrogen and oxygen atoms in total. The first kappa shape index (κ1) is 23.2. The van der Waals surface area contributed by atoms with E-state index >= 15 is 0 Å². The third-order valence-corrected chi connectivity index (χ3v) is 7.94. The Bertz CT molecular complexity index is 1400. The van der Waals surface area contributed by atoms with Gasteiger partial charge in [-0.2, -0.15) is 10.0 Å². The van der Waals surface area contributed by atoms with Gasteiger partial charge in [0, 0.05) is 6.26 Å². The smallest absolute Gasteiger partial charge is 0.353 e. The summed E-state index contributed by atoms with van der Waals surface area (Å²) in [5, 5.41) is 14.9. The van der Waals surface area contributed by atoms with Gasteiger partial charge in [0.1, 0.15) is 4.88 Å². The highest BCUT2D eigenvalue weighted by atomic mass is 35.5. The van der Waals surface area contributed by atoms with Gasteiger partial charge in [-0.25, -0.2) is 13.2 Å². The fourth-order valence-corrected chi connectivity index (χ4v) is 5.29. The molecular formula is C19H13ClN4O6S3. The molecule has 0 fully saturated rings. The number of carbonyl (C=O) groups is 2. The standard InChI is InChI=1S/C19H13ClN4O6S3/c1-29-12-8-9(7-11(20)14(12)30-17(26)13-4-3-5-31-13)6-10-15(21)24-18(22-16(10)25)32-19(23-24)33(2,27)28/h3-8,21H,1-2H3/b10-6+,21-15?. The Morgan fingerprint density at radius 3 is 2.73 bits per heavy atom. The maximum absolute atomic E-state index is 12.5. The van der Waals surface area contributed by atoms with E-state index < -0.39 is 21.7 Å². The number of benzene rings is 1. The summed E-state index contributed by atoms with van der Waals surface area (Å²) >= 11 is 8.22. The summed E-state index contributed by atoms with van der Waals surface area (Å²) in [4.78, 5) is 29.0. The Labute approximate surface area is 201 Å². The number of hydrogen-bond acceptors (Lipinski definition) is 10. The summed E-state index contributed by atoms with van der Waals surface area (Å²) in [6.07, 6.45) is 2.31. The zero-order valence-electron chi connectivity index (χ0n) is 16.9. The van der Waals surface area contributed by atoms with Crippen molar-refractivity contribution in [3.63, 3.8) is 0 Å². The van der Waals surface area contributed by atoms with Gasteiger partial charge in [-0.05, 0) is 47.0 Å². The van der Waals surface area contributed by atoms with Crippen molar-refractivity contribution in [2.75, 3.05) is 13.4 Å². The lowest BCUT2D eigenvalue weighted by atomic mass is 10.1. The van der Waals surface area contributed by atoms with Crippen molar-refractivity contribution in [1.29, 1.82) is 5.41 Å². The number of thiophene rings is 1. The number of halogens is 1. The lowest BCUT2D eigenvalue weighted by Gasteiger charge is -2.20. The molecule has 0 atom stereocenters. The molecule has 33 heavy (non-hydrogen) atoms. The predicted octanol–water partition coefficient (Wildman–Crippen LogP) is 3.25. The first-order valence-electron chi connectivity index (χ1n) is 8.92. The van der Waals surface area contributed by atoms with Crippen LogP contribution in [0, 0.1) is 5.41 Å². The molecule has 1 aromatic heterocycles. The molecular weight excluding hydrogens is 512 g/mol. The maximum Gasteiger partial charge on any atom is 0.353 e. The zero-order valence-corrected chi connectivity index (χ0v) is 20.1. The SMILES string of the molecule is COc1cc(/C=C2\C(=N)N3N=C(S(C)(=O)=O)SC3=NC2=O)cc(Cl)c1OC(=O)c1cccs1. The second-order valence-corrected chi connectivity index (χ2v) is 11.1. The average molecular weight is 525 g/mol. The van der Waals surface area contributed by atoms with Gasteiger partial charge < -0.3 is 9.47 Å². The molecule has 0 bridgehead atoms. The van der Waals surface area contributed by atoms with Crippen LogP contribution in [-0.2, 0) is 14.6 Å². The second-order valence-electron chi connectivity index (χ2n) is 6.56. The highest BCUT2D eigenvalue weighted by Crippen LogP contribution is 2.38. The summed E-state index contributed by atoms with van der Waals surface area (Å²) in [7, 11) is -2.28. The van der Waals surface area contributed by atoms with E-state index in [1.165, 1.54) is 36.7 Å². The number of ether oxygens (including phenoxy) is 2. The first-order chi connectivity index (χ1) is 15.6. The van der Waals surface area contributed by atoms with E-state index in [9.17, 15) is 18.0 Å². The van der Waals surface area contributed by atoms with Gasteiger partial charge in [0.15, 0.2) is 17.3 Å². The van der Waals surface area contributed by atoms with Crippen LogP contribution in [0.15, 0.2) is 45.3 Å². The minimum Gasteiger partial charge on any atom is -0.493 e. The van der Waals surface area contributed by atoms with Crippen LogP contribution in [0.3, 0.4) is 0 Å². The van der Waals surface area contributed by atoms with Gasteiger partial charge in [0.2, 0.25) is 19.4 Å². The van der Waals surface area contributed by atoms with Crippen molar-refractivity contribution < 1.29 is 27.5 Å². The topological polar surface area (TPSA) is 139 Å². The number of sulfone groups is 1. The van der Waals surface area contributed by atoms with Gasteiger partial charge in [0.05, 0.1) is 17.7 Å². The van der Waals surface area contributed by atoms with Crippen molar-refractivity contribution in [2.45, 2.75) is 0 Å². The van der Waals surface area contributed by atoms with Crippen LogP contribution >= 0.6 is 34.7 Å². The Balaban J connectivity index is 1.67. The number of amidine groups is 2. The number of carbonyl (C=O) groups excluding carboxylic acids is 2. The number of hydrazone groups is 1. The van der Waals surface area contributed by atoms with Crippen LogP contribution in [0.2, 0.25) is 5.02 Å². The number of methoxy groups -OCH3 is 1. The molecule has 0 radical (unpaired) electrons. The van der Waals surface area contributed by atoms with Gasteiger partial charge in [0.25, 0.3) is 5.91 Å². The van der Waals surface area contributed by atoms with E-state index in [0.717, 1.165) is 11.3 Å². The van der Waals surface area contributed by atoms with Crippen LogP contribution in [-0.4, -0.2) is 54.0 Å². The summed E-state index contributed by atoms with van der Waals surface area (Å²) in [6.45, 7) is 0. The minimum atomic E-state index is -3.64. The summed E-state index contributed by atoms with van der Waals surface area (Å²) in [5.74, 6) is -1.56. The highest BCUT2D eigenvalue weighted by Gasteiger charge is 2.38. The Hall–Kier alpha value is -3.00. The molecule has 170 valence electrons. The summed E-state index contributed by atoms with van der Waals surface area (Å²) < 4.78 is 33.9. The minimum absolute atomic E-state index is 0.00316. The number of hydrogen-bond donors (Lipinski definition) is 1. The number of thioether (sulfide) groups is 1. The molecule has 1 amide bonds. The Morgan fingerprint density at radius 1 is 1.33 bits per heavy atom. The number of rotatable bonds is 4. The fraction of sp³-hybridized carbons (Fsp3) is 0.105. The molecule has 2 aliphatic heterocycles. The van der Waals surface area contributed by atoms with Crippen LogP contribution in [0.5, 0.6) is 11.5 Å². The van der Waals surface area contributed by atoms with Crippen molar-refractivity contribution in [3.8, 4) is 11.5 Å². The highest BCUT2D eigenvalue weighted by molar-refractivity contribution is 8.42. The maximum atomic E-state index is 12.5. The third kappa shape index (κ3) is 4.57. The molecule has 2 aromatic rings. The predicted molar refractivity (Wildman–Crippen MR) is 127 cm³/mol. The lowest BCUT2D eigenvalue weighted by Crippen LogP contribution is -2.35. The zero-order chi connectivity index (χ0) is 23.9. The molecule has 2 aliphatic rings. The number of nitrogens with one attached hydrogen (secondary N) is 1. The van der Waals surface area contributed by atoms with E-state index in [0.29, 0.717) is 22.2 Å². The molecule has 14 heteroatoms. The molecule has 1 N–H and O–H groups in total. The summed E-state index contributed by atoms with van der Waals surface area (Å²) in [5.41, 5.74) is 0.220. The van der Waals surface area contributed by atoms with E-state index in [4.69, 9.17) is 26.5 Å². The average Bonchev–Trinajstić information content (AvgIpc) is 3.42. The number of esters is 1. The van der Waals surface area contributed by atoms with Crippen molar-refractivity contribution in [2.24, 2.45) is 10.1 Å². The molecule has 0 aliphatic carbocycles. The van der Waals surface area contributed by atoms with Crippen molar-refractivity contribution >= 4 is 77.9 Å². The molecule has 4 rings (SSSR count). The van der Waals surface area contributed by atoms with E-state index in [-0.39, 0.29) is 37.5 Å². The summed E-state index contributed by atoms with van der Waals surface area (Å²) in [6, 6.07) is 6.22. The molecule has 0 saturated carbocycles. The molecule has 1 aromatic carbocycles. The van der Waals surface area contributed by atoms with Gasteiger partial charge in [-0.1, -0.05) is 17.7 Å². The van der Waals surface area contributed by atoms with E-state index in [1.807, 2.05) is 0 Å². The van der Waals surface area contributed by atoms with E-state index in [1.54, 1.807) is 17.5 Å². The van der Waals surface area contributed by atoms with Gasteiger partial charge in [-0.15, -0.1) is 16.4 Å². The van der Waals surface area contributed by atoms with Crippen LogP contribution < -0.4 is 9.47 Å². The van der Waals surface area contributed by atoms with Gasteiger partial charge in [-0.3, -0.25) is 10.2 Å². The molecule has 0 saturated heterocycles. The van der Waals surface area contributed by atoms with E-state index in [2.05, 4.69) is 10.1 Å². The lowest BCUT2D eigenvalue weighted by molar-refractivity contribution is -0.114. The second kappa shape index (κ2) is 8.74. The van der Waals surface area contributed by atoms with Crippen LogP contribution in [0.25, 0.3) is 6.08 Å². The third-order valence-electron chi connectivity index (χ3n) is 4.23. The van der Waals surface area contributed by atoms with Crippen molar-refractivity contribution in [1.82, 2.24) is 5.01 Å². The molecule has 3 heterocycles. The fourth-order valence-electron chi connectivity index (χ4n) is 2.75. The number of aliphatic imine (C=N–C) groups is 1. The first-order valence-corrected chi connectivity index (χ1v) is 12.9. The molecule has 0 spiro atoms. The number of amides is 1. The quantitative estimate of drug-likeness (QED) is 0.365. The van der Waals surface area contributed by atoms with Crippen LogP contribution in [0.1, 0.15) is 15.2 Å². The largest absolute Gasteiger partial charge is 0.493 e. The van der Waals surface area contributed by atoms with Crippen molar-refractivity contribution in [3.05, 3.63) is 50.7 Å². The van der Waals surface area contributed by atoms with Gasteiger partial charge >= 0.3 is 5.97 Å². The normalized spacial score (nSPS) is 17.1. The number of nitrogens with zero attached hydrogens (tertiary/aromatic N) is 3. The molecule has 0 unspecified atom stereocenters. The monoisotopic (exact) mass is 524 g/mol. The Kier molecular flexibility index (Phi) is 6.14. The Morgan fingerprint density at radius 2 is 2.09 bits per heavy atom. The number of fused-ring (bicyclic) bond motifs is 1. The van der Waals surface area contributed by atoms with Crippen LogP contribution in [0.4, 0.5) is 0 Å².